The summed E-state index contributed by atoms with van der Waals surface area (Å²) in [6, 6.07) is 15.5. The van der Waals surface area contributed by atoms with E-state index in [-0.39, 0.29) is 6.42 Å². The Morgan fingerprint density at radius 2 is 1.54 bits per heavy atom. The quantitative estimate of drug-likeness (QED) is 0.449. The topological polar surface area (TPSA) is 74.7 Å². The van der Waals surface area contributed by atoms with Crippen molar-refractivity contribution in [3.8, 4) is 0 Å². The Morgan fingerprint density at radius 1 is 0.923 bits per heavy atom. The molecule has 0 aliphatic rings. The zero-order chi connectivity index (χ0) is 19.1. The van der Waals surface area contributed by atoms with Crippen molar-refractivity contribution in [2.24, 2.45) is 0 Å². The van der Waals surface area contributed by atoms with Crippen LogP contribution in [0.3, 0.4) is 0 Å². The second-order valence-electron chi connectivity index (χ2n) is 6.12. The number of aryl methyl sites for hydroxylation is 1. The van der Waals surface area contributed by atoms with E-state index in [1.54, 1.807) is 79.8 Å². The minimum absolute atomic E-state index is 0.0468. The van der Waals surface area contributed by atoms with E-state index in [2.05, 4.69) is 0 Å². The van der Waals surface area contributed by atoms with Gasteiger partial charge in [0.2, 0.25) is 11.6 Å². The Bertz CT molecular complexity index is 821. The van der Waals surface area contributed by atoms with Crippen molar-refractivity contribution in [3.63, 3.8) is 0 Å². The van der Waals surface area contributed by atoms with Crippen molar-refractivity contribution in [1.82, 2.24) is 4.90 Å². The number of rotatable bonds is 8. The molecular formula is C21H21NO4. The Balaban J connectivity index is 2.29. The van der Waals surface area contributed by atoms with Crippen LogP contribution >= 0.6 is 0 Å². The minimum atomic E-state index is -0.856. The molecule has 5 nitrogen and oxygen atoms in total. The van der Waals surface area contributed by atoms with Gasteiger partial charge in [-0.25, -0.2) is 0 Å². The van der Waals surface area contributed by atoms with Crippen LogP contribution in [0.5, 0.6) is 0 Å². The lowest BCUT2D eigenvalue weighted by Gasteiger charge is -2.12. The molecule has 0 aliphatic heterocycles. The van der Waals surface area contributed by atoms with Crippen molar-refractivity contribution >= 4 is 23.1 Å². The van der Waals surface area contributed by atoms with E-state index in [1.807, 2.05) is 0 Å². The first kappa shape index (κ1) is 19.1. The molecule has 0 spiro atoms. The number of Topliss-reactive ketones (excluding diaryl/α,β-unsaturated/α-hetero) is 2. The summed E-state index contributed by atoms with van der Waals surface area (Å²) in [6.45, 7) is 0. The van der Waals surface area contributed by atoms with Gasteiger partial charge in [0, 0.05) is 37.9 Å². The first-order valence-electron chi connectivity index (χ1n) is 8.22. The molecule has 5 heteroatoms. The molecule has 0 saturated heterocycles. The molecule has 0 bridgehead atoms. The van der Waals surface area contributed by atoms with Crippen LogP contribution in [0.25, 0.3) is 5.57 Å². The second kappa shape index (κ2) is 8.76. The van der Waals surface area contributed by atoms with Gasteiger partial charge in [-0.1, -0.05) is 54.6 Å². The SMILES string of the molecule is CN(C)/C=C(\C(=O)C(=O)c1ccccc1)c1ccc(CCC(=O)O)cc1. The largest absolute Gasteiger partial charge is 0.481 e. The molecule has 1 N–H and O–H groups in total. The summed E-state index contributed by atoms with van der Waals surface area (Å²) < 4.78 is 0. The van der Waals surface area contributed by atoms with Gasteiger partial charge in [0.15, 0.2) is 0 Å². The first-order chi connectivity index (χ1) is 12.4. The highest BCUT2D eigenvalue weighted by molar-refractivity contribution is 6.58. The van der Waals surface area contributed by atoms with Crippen LogP contribution in [0.4, 0.5) is 0 Å². The normalized spacial score (nSPS) is 11.1. The number of benzene rings is 2. The van der Waals surface area contributed by atoms with Gasteiger partial charge in [0.1, 0.15) is 0 Å². The molecule has 0 aliphatic carbocycles. The van der Waals surface area contributed by atoms with E-state index in [1.165, 1.54) is 0 Å². The maximum atomic E-state index is 12.8. The average Bonchev–Trinajstić information content (AvgIpc) is 2.64. The van der Waals surface area contributed by atoms with Crippen LogP contribution in [-0.4, -0.2) is 41.6 Å². The third-order valence-corrected chi connectivity index (χ3v) is 3.77. The smallest absolute Gasteiger partial charge is 0.303 e. The molecule has 0 saturated carbocycles. The Kier molecular flexibility index (Phi) is 6.44. The van der Waals surface area contributed by atoms with E-state index in [0.717, 1.165) is 5.56 Å². The standard InChI is InChI=1S/C21H21NO4/c1-22(2)14-18(21(26)20(25)17-6-4-3-5-7-17)16-11-8-15(9-12-16)10-13-19(23)24/h3-9,11-12,14H,10,13H2,1-2H3,(H,23,24)/b18-14-. The minimum Gasteiger partial charge on any atom is -0.481 e. The zero-order valence-electron chi connectivity index (χ0n) is 14.8. The van der Waals surface area contributed by atoms with E-state index in [4.69, 9.17) is 5.11 Å². The summed E-state index contributed by atoms with van der Waals surface area (Å²) >= 11 is 0. The number of allylic oxidation sites excluding steroid dienone is 1. The van der Waals surface area contributed by atoms with Gasteiger partial charge in [-0.15, -0.1) is 0 Å². The predicted molar refractivity (Wildman–Crippen MR) is 99.8 cm³/mol. The van der Waals surface area contributed by atoms with Crippen LogP contribution in [-0.2, 0) is 16.0 Å². The molecule has 0 amide bonds. The number of carboxylic acid groups (broad SMARTS) is 1. The lowest BCUT2D eigenvalue weighted by molar-refractivity contribution is -0.136. The van der Waals surface area contributed by atoms with Crippen molar-refractivity contribution in [2.45, 2.75) is 12.8 Å². The van der Waals surface area contributed by atoms with Crippen LogP contribution in [0.15, 0.2) is 60.8 Å². The van der Waals surface area contributed by atoms with Crippen molar-refractivity contribution in [3.05, 3.63) is 77.5 Å². The molecule has 2 aromatic carbocycles. The van der Waals surface area contributed by atoms with Gasteiger partial charge in [-0.05, 0) is 17.5 Å². The number of carbonyl (C=O) groups excluding carboxylic acids is 2. The highest BCUT2D eigenvalue weighted by Crippen LogP contribution is 2.20. The Hall–Kier alpha value is -3.21. The van der Waals surface area contributed by atoms with Crippen molar-refractivity contribution in [1.29, 1.82) is 0 Å². The summed E-state index contributed by atoms with van der Waals surface area (Å²) in [7, 11) is 3.56. The lowest BCUT2D eigenvalue weighted by atomic mass is 9.95. The maximum Gasteiger partial charge on any atom is 0.303 e. The highest BCUT2D eigenvalue weighted by atomic mass is 16.4. The van der Waals surface area contributed by atoms with Crippen LogP contribution in [0, 0.1) is 0 Å². The molecule has 2 rings (SSSR count). The van der Waals surface area contributed by atoms with E-state index >= 15 is 0 Å². The molecule has 0 atom stereocenters. The molecular weight excluding hydrogens is 330 g/mol. The fraction of sp³-hybridized carbons (Fsp3) is 0.190. The third-order valence-electron chi connectivity index (χ3n) is 3.77. The molecule has 0 aromatic heterocycles. The molecule has 134 valence electrons. The van der Waals surface area contributed by atoms with Gasteiger partial charge < -0.3 is 10.0 Å². The summed E-state index contributed by atoms with van der Waals surface area (Å²) in [5.74, 6) is -2.00. The number of hydrogen-bond acceptors (Lipinski definition) is 4. The number of carbonyl (C=O) groups is 3. The van der Waals surface area contributed by atoms with Gasteiger partial charge in [0.25, 0.3) is 0 Å². The molecule has 26 heavy (non-hydrogen) atoms. The van der Waals surface area contributed by atoms with Crippen LogP contribution in [0.1, 0.15) is 27.9 Å². The molecule has 0 unspecified atom stereocenters. The number of carboxylic acids is 1. The fourth-order valence-corrected chi connectivity index (χ4v) is 2.47. The summed E-state index contributed by atoms with van der Waals surface area (Å²) in [4.78, 5) is 37.7. The summed E-state index contributed by atoms with van der Waals surface area (Å²) in [6.07, 6.45) is 2.08. The highest BCUT2D eigenvalue weighted by Gasteiger charge is 2.22. The Labute approximate surface area is 152 Å². The van der Waals surface area contributed by atoms with Crippen molar-refractivity contribution < 1.29 is 19.5 Å². The molecule has 0 fully saturated rings. The number of nitrogens with zero attached hydrogens (tertiary/aromatic N) is 1. The van der Waals surface area contributed by atoms with Crippen LogP contribution < -0.4 is 0 Å². The average molecular weight is 351 g/mol. The summed E-state index contributed by atoms with van der Waals surface area (Å²) in [5, 5.41) is 8.76. The van der Waals surface area contributed by atoms with E-state index in [0.29, 0.717) is 23.1 Å². The molecule has 0 radical (unpaired) electrons. The van der Waals surface area contributed by atoms with E-state index < -0.39 is 17.5 Å². The van der Waals surface area contributed by atoms with Gasteiger partial charge >= 0.3 is 5.97 Å². The number of hydrogen-bond donors (Lipinski definition) is 1. The zero-order valence-corrected chi connectivity index (χ0v) is 14.8. The lowest BCUT2D eigenvalue weighted by Crippen LogP contribution is -2.18. The third kappa shape index (κ3) is 5.14. The van der Waals surface area contributed by atoms with Gasteiger partial charge in [-0.3, -0.25) is 14.4 Å². The predicted octanol–water partition coefficient (Wildman–Crippen LogP) is 3.06. The van der Waals surface area contributed by atoms with E-state index in [9.17, 15) is 14.4 Å². The van der Waals surface area contributed by atoms with Gasteiger partial charge in [-0.2, -0.15) is 0 Å². The fourth-order valence-electron chi connectivity index (χ4n) is 2.47. The number of ketones is 2. The summed E-state index contributed by atoms with van der Waals surface area (Å²) in [5.41, 5.74) is 2.13. The molecule has 2 aromatic rings. The maximum absolute atomic E-state index is 12.8. The van der Waals surface area contributed by atoms with Gasteiger partial charge in [0.05, 0.1) is 0 Å². The monoisotopic (exact) mass is 351 g/mol. The molecule has 0 heterocycles. The number of aliphatic carboxylic acids is 1. The van der Waals surface area contributed by atoms with Crippen molar-refractivity contribution in [2.75, 3.05) is 14.1 Å². The first-order valence-corrected chi connectivity index (χ1v) is 8.22. The van der Waals surface area contributed by atoms with Crippen LogP contribution in [0.2, 0.25) is 0 Å². The second-order valence-corrected chi connectivity index (χ2v) is 6.12. The Morgan fingerprint density at radius 3 is 2.08 bits per heavy atom.